The first-order chi connectivity index (χ1) is 6.52. The van der Waals surface area contributed by atoms with Crippen molar-refractivity contribution in [3.63, 3.8) is 0 Å². The van der Waals surface area contributed by atoms with E-state index in [-0.39, 0.29) is 0 Å². The van der Waals surface area contributed by atoms with E-state index in [0.717, 1.165) is 11.3 Å². The molecule has 0 saturated carbocycles. The van der Waals surface area contributed by atoms with Crippen LogP contribution in [-0.4, -0.2) is 50.4 Å². The molecular formula is C11H28N3+. The maximum absolute atomic E-state index is 3.53. The van der Waals surface area contributed by atoms with Crippen molar-refractivity contribution in [3.05, 3.63) is 0 Å². The van der Waals surface area contributed by atoms with Crippen molar-refractivity contribution in [1.29, 1.82) is 0 Å². The smallest absolute Gasteiger partial charge is 0.0962 e. The summed E-state index contributed by atoms with van der Waals surface area (Å²) < 4.78 is 0.910. The highest BCUT2D eigenvalue weighted by molar-refractivity contribution is 4.45. The number of unbranched alkanes of at least 4 members (excludes halogenated alkanes) is 1. The predicted molar refractivity (Wildman–Crippen MR) is 62.8 cm³/mol. The summed E-state index contributed by atoms with van der Waals surface area (Å²) >= 11 is 0. The van der Waals surface area contributed by atoms with Gasteiger partial charge < -0.3 is 0 Å². The molecule has 0 aromatic heterocycles. The normalized spacial score (nSPS) is 12.4. The van der Waals surface area contributed by atoms with Gasteiger partial charge in [0.25, 0.3) is 0 Å². The van der Waals surface area contributed by atoms with E-state index in [1.165, 1.54) is 32.4 Å². The van der Waals surface area contributed by atoms with Gasteiger partial charge in [0.1, 0.15) is 0 Å². The highest BCUT2D eigenvalue weighted by atomic mass is 15.6. The third-order valence-corrected chi connectivity index (χ3v) is 2.44. The van der Waals surface area contributed by atoms with Crippen LogP contribution in [0.25, 0.3) is 0 Å². The molecule has 0 atom stereocenters. The number of nitrogens with zero attached hydrogens (tertiary/aromatic N) is 2. The fraction of sp³-hybridized carbons (Fsp3) is 1.00. The minimum absolute atomic E-state index is 0.910. The average Bonchev–Trinajstić information content (AvgIpc) is 2.11. The minimum atomic E-state index is 0.910. The first kappa shape index (κ1) is 13.9. The number of rotatable bonds is 8. The summed E-state index contributed by atoms with van der Waals surface area (Å²) in [5.74, 6) is 0. The van der Waals surface area contributed by atoms with Gasteiger partial charge in [-0.15, -0.1) is 0 Å². The Labute approximate surface area is 89.6 Å². The van der Waals surface area contributed by atoms with Gasteiger partial charge in [-0.1, -0.05) is 20.3 Å². The lowest BCUT2D eigenvalue weighted by Gasteiger charge is -2.31. The van der Waals surface area contributed by atoms with E-state index < -0.39 is 0 Å². The van der Waals surface area contributed by atoms with Crippen molar-refractivity contribution in [1.82, 2.24) is 10.3 Å². The monoisotopic (exact) mass is 202 g/mol. The van der Waals surface area contributed by atoms with Crippen LogP contribution in [0.15, 0.2) is 0 Å². The molecule has 1 N–H and O–H groups in total. The van der Waals surface area contributed by atoms with Crippen LogP contribution in [0, 0.1) is 0 Å². The fourth-order valence-corrected chi connectivity index (χ4v) is 1.46. The van der Waals surface area contributed by atoms with E-state index in [1.54, 1.807) is 0 Å². The molecule has 0 rings (SSSR count). The summed E-state index contributed by atoms with van der Waals surface area (Å²) in [6.45, 7) is 7.81. The van der Waals surface area contributed by atoms with E-state index >= 15 is 0 Å². The van der Waals surface area contributed by atoms with Crippen molar-refractivity contribution >= 4 is 0 Å². The van der Waals surface area contributed by atoms with Gasteiger partial charge in [0.2, 0.25) is 0 Å². The summed E-state index contributed by atoms with van der Waals surface area (Å²) in [7, 11) is 6.61. The van der Waals surface area contributed by atoms with E-state index in [1.807, 2.05) is 0 Å². The van der Waals surface area contributed by atoms with Crippen LogP contribution >= 0.6 is 0 Å². The Morgan fingerprint density at radius 1 is 1.14 bits per heavy atom. The first-order valence-electron chi connectivity index (χ1n) is 5.78. The van der Waals surface area contributed by atoms with Gasteiger partial charge in [-0.3, -0.25) is 4.90 Å². The lowest BCUT2D eigenvalue weighted by molar-refractivity contribution is -0.935. The van der Waals surface area contributed by atoms with Gasteiger partial charge in [0, 0.05) is 0 Å². The van der Waals surface area contributed by atoms with Crippen molar-refractivity contribution in [3.8, 4) is 0 Å². The molecule has 0 amide bonds. The van der Waals surface area contributed by atoms with Crippen molar-refractivity contribution in [2.24, 2.45) is 0 Å². The van der Waals surface area contributed by atoms with Gasteiger partial charge >= 0.3 is 0 Å². The van der Waals surface area contributed by atoms with Crippen LogP contribution in [0.3, 0.4) is 0 Å². The van der Waals surface area contributed by atoms with Gasteiger partial charge in [-0.25, -0.2) is 4.59 Å². The number of quaternary nitrogens is 1. The molecule has 0 bridgehead atoms. The molecule has 0 unspecified atom stereocenters. The minimum Gasteiger partial charge on any atom is -0.290 e. The zero-order chi connectivity index (χ0) is 11.0. The van der Waals surface area contributed by atoms with Crippen molar-refractivity contribution < 1.29 is 4.59 Å². The van der Waals surface area contributed by atoms with Crippen LogP contribution < -0.4 is 5.43 Å². The lowest BCUT2D eigenvalue weighted by Crippen LogP contribution is -2.55. The maximum Gasteiger partial charge on any atom is 0.0962 e. The topological polar surface area (TPSA) is 15.3 Å². The van der Waals surface area contributed by atoms with Gasteiger partial charge in [0.05, 0.1) is 27.3 Å². The molecule has 0 spiro atoms. The van der Waals surface area contributed by atoms with Crippen LogP contribution in [-0.2, 0) is 0 Å². The Bertz CT molecular complexity index is 134. The fourth-order valence-electron chi connectivity index (χ4n) is 1.46. The van der Waals surface area contributed by atoms with Crippen LogP contribution in [0.5, 0.6) is 0 Å². The van der Waals surface area contributed by atoms with Crippen LogP contribution in [0.1, 0.15) is 33.1 Å². The summed E-state index contributed by atoms with van der Waals surface area (Å²) in [5, 5.41) is 0. The second kappa shape index (κ2) is 7.21. The molecule has 86 valence electrons. The molecule has 0 heterocycles. The molecule has 0 aliphatic rings. The van der Waals surface area contributed by atoms with Gasteiger partial charge in [0.15, 0.2) is 0 Å². The highest BCUT2D eigenvalue weighted by Gasteiger charge is 2.13. The first-order valence-corrected chi connectivity index (χ1v) is 5.78. The standard InChI is InChI=1S/C11H28N3/c1-6-8-9-13(3)11-12-14(4,5)10-7-2/h12H,6-11H2,1-5H3/q+1. The molecule has 14 heavy (non-hydrogen) atoms. The summed E-state index contributed by atoms with van der Waals surface area (Å²) in [6.07, 6.45) is 3.79. The maximum atomic E-state index is 3.53. The Hall–Kier alpha value is -0.120. The molecule has 0 aliphatic heterocycles. The van der Waals surface area contributed by atoms with Gasteiger partial charge in [-0.2, -0.15) is 5.43 Å². The van der Waals surface area contributed by atoms with E-state index in [4.69, 9.17) is 0 Å². The third kappa shape index (κ3) is 7.30. The molecular weight excluding hydrogens is 174 g/mol. The second-order valence-corrected chi connectivity index (χ2v) is 4.66. The summed E-state index contributed by atoms with van der Waals surface area (Å²) in [5.41, 5.74) is 3.53. The predicted octanol–water partition coefficient (Wildman–Crippen LogP) is 1.67. The number of hydrogen-bond acceptors (Lipinski definition) is 2. The molecule has 3 nitrogen and oxygen atoms in total. The Kier molecular flexibility index (Phi) is 7.15. The molecule has 0 aliphatic carbocycles. The number of nitrogens with one attached hydrogen (secondary N) is 1. The molecule has 0 aromatic carbocycles. The van der Waals surface area contributed by atoms with E-state index in [2.05, 4.69) is 45.3 Å². The van der Waals surface area contributed by atoms with E-state index in [9.17, 15) is 0 Å². The highest BCUT2D eigenvalue weighted by Crippen LogP contribution is 1.95. The SMILES string of the molecule is CCCCN(C)CN[N+](C)(C)CCC. The van der Waals surface area contributed by atoms with Crippen molar-refractivity contribution in [2.45, 2.75) is 33.1 Å². The zero-order valence-electron chi connectivity index (χ0n) is 10.6. The quantitative estimate of drug-likeness (QED) is 0.366. The largest absolute Gasteiger partial charge is 0.290 e. The molecule has 0 aromatic rings. The molecule has 0 radical (unpaired) electrons. The summed E-state index contributed by atoms with van der Waals surface area (Å²) in [4.78, 5) is 2.35. The lowest BCUT2D eigenvalue weighted by atomic mass is 10.3. The average molecular weight is 202 g/mol. The molecule has 3 heteroatoms. The van der Waals surface area contributed by atoms with E-state index in [0.29, 0.717) is 0 Å². The molecule has 0 fully saturated rings. The summed E-state index contributed by atoms with van der Waals surface area (Å²) in [6, 6.07) is 0. The zero-order valence-corrected chi connectivity index (χ0v) is 10.6. The van der Waals surface area contributed by atoms with Crippen molar-refractivity contribution in [2.75, 3.05) is 40.9 Å². The Balaban J connectivity index is 3.58. The Morgan fingerprint density at radius 2 is 1.79 bits per heavy atom. The van der Waals surface area contributed by atoms with Crippen LogP contribution in [0.4, 0.5) is 0 Å². The molecule has 0 saturated heterocycles. The van der Waals surface area contributed by atoms with Gasteiger partial charge in [-0.05, 0) is 26.4 Å². The second-order valence-electron chi connectivity index (χ2n) is 4.66. The third-order valence-electron chi connectivity index (χ3n) is 2.44. The Morgan fingerprint density at radius 3 is 2.29 bits per heavy atom. The van der Waals surface area contributed by atoms with Crippen LogP contribution in [0.2, 0.25) is 0 Å². The number of hydrogen-bond donors (Lipinski definition) is 1.